The molecule has 3 amide bonds. The number of nitrogen functional groups attached to an aromatic ring is 1. The molecule has 71 heavy (non-hydrogen) atoms. The third-order valence-electron chi connectivity index (χ3n) is 17.0. The van der Waals surface area contributed by atoms with E-state index in [0.29, 0.717) is 60.8 Å². The number of hydrogen-bond donors (Lipinski definition) is 3. The first-order chi connectivity index (χ1) is 34.1. The molecule has 2 aliphatic carbocycles. The quantitative estimate of drug-likeness (QED) is 0.130. The Morgan fingerprint density at radius 3 is 2.32 bits per heavy atom. The van der Waals surface area contributed by atoms with Gasteiger partial charge in [-0.15, -0.1) is 0 Å². The van der Waals surface area contributed by atoms with E-state index in [1.165, 1.54) is 38.8 Å². The normalized spacial score (nSPS) is 25.5. The molecular weight excluding hydrogens is 921 g/mol. The van der Waals surface area contributed by atoms with E-state index in [-0.39, 0.29) is 58.6 Å². The number of ether oxygens (including phenoxy) is 1. The zero-order chi connectivity index (χ0) is 49.0. The van der Waals surface area contributed by atoms with Crippen molar-refractivity contribution in [2.75, 3.05) is 87.6 Å². The van der Waals surface area contributed by atoms with E-state index in [0.717, 1.165) is 95.4 Å². The SMILES string of the molecule is Cc1cc(N)nc(-c2ncc3c(N4CC5CCC(C4)N5)nc(OCC4(CN5CCC6(CC5)CC(CN5CCN(c7ccc8c(c7)CN([C@H]7CCC(=O)NC7=O)C8=O)CC5)C6)CC4)nc3c2F)c1C(F)(F)F. The van der Waals surface area contributed by atoms with Gasteiger partial charge < -0.3 is 35.4 Å². The molecular formula is C51H60F4N12O4. The van der Waals surface area contributed by atoms with Crippen LogP contribution in [0.5, 0.6) is 6.01 Å². The van der Waals surface area contributed by atoms with Crippen LogP contribution in [0.1, 0.15) is 91.3 Å². The maximum absolute atomic E-state index is 16.8. The molecule has 2 bridgehead atoms. The second-order valence-corrected chi connectivity index (χ2v) is 22.0. The molecule has 3 aromatic heterocycles. The predicted octanol–water partition coefficient (Wildman–Crippen LogP) is 5.31. The molecule has 5 saturated heterocycles. The fraction of sp³-hybridized carbons (Fsp3) is 0.588. The molecule has 8 aliphatic rings. The number of nitrogens with two attached hydrogens (primary N) is 1. The van der Waals surface area contributed by atoms with Gasteiger partial charge in [0, 0.05) is 100 Å². The molecule has 376 valence electrons. The monoisotopic (exact) mass is 980 g/mol. The molecule has 1 spiro atoms. The zero-order valence-electron chi connectivity index (χ0n) is 40.0. The van der Waals surface area contributed by atoms with Crippen LogP contribution in [-0.4, -0.2) is 143 Å². The highest BCUT2D eigenvalue weighted by molar-refractivity contribution is 6.05. The second kappa shape index (κ2) is 17.5. The van der Waals surface area contributed by atoms with Crippen LogP contribution in [-0.2, 0) is 22.3 Å². The number of aromatic nitrogens is 4. The van der Waals surface area contributed by atoms with Gasteiger partial charge in [-0.1, -0.05) is 0 Å². The number of nitrogens with one attached hydrogen (secondary N) is 2. The number of piperidine rings is 2. The molecule has 6 aliphatic heterocycles. The van der Waals surface area contributed by atoms with Gasteiger partial charge in [0.1, 0.15) is 34.6 Å². The van der Waals surface area contributed by atoms with Gasteiger partial charge in [0.2, 0.25) is 11.8 Å². The maximum Gasteiger partial charge on any atom is 0.418 e. The molecule has 4 N–H and O–H groups in total. The number of nitrogens with zero attached hydrogens (tertiary/aromatic N) is 9. The maximum atomic E-state index is 16.8. The van der Waals surface area contributed by atoms with E-state index >= 15 is 4.39 Å². The Balaban J connectivity index is 0.649. The smallest absolute Gasteiger partial charge is 0.418 e. The first-order valence-corrected chi connectivity index (χ1v) is 25.4. The van der Waals surface area contributed by atoms with Crippen LogP contribution in [0.25, 0.3) is 22.3 Å². The number of hydrogen-bond acceptors (Lipinski definition) is 14. The van der Waals surface area contributed by atoms with Gasteiger partial charge in [-0.2, -0.15) is 23.1 Å². The van der Waals surface area contributed by atoms with Crippen molar-refractivity contribution < 1.29 is 36.7 Å². The Morgan fingerprint density at radius 1 is 0.873 bits per heavy atom. The van der Waals surface area contributed by atoms with Gasteiger partial charge in [0.15, 0.2) is 5.82 Å². The summed E-state index contributed by atoms with van der Waals surface area (Å²) in [5, 5.41) is 6.29. The lowest BCUT2D eigenvalue weighted by molar-refractivity contribution is -0.138. The van der Waals surface area contributed by atoms with Crippen molar-refractivity contribution >= 4 is 45.9 Å². The van der Waals surface area contributed by atoms with Gasteiger partial charge in [-0.05, 0) is 125 Å². The van der Waals surface area contributed by atoms with Gasteiger partial charge in [0.05, 0.1) is 17.6 Å². The van der Waals surface area contributed by atoms with E-state index in [9.17, 15) is 27.6 Å². The molecule has 7 fully saturated rings. The van der Waals surface area contributed by atoms with Crippen molar-refractivity contribution in [3.63, 3.8) is 0 Å². The first-order valence-electron chi connectivity index (χ1n) is 25.4. The van der Waals surface area contributed by atoms with E-state index in [1.807, 2.05) is 12.1 Å². The average Bonchev–Trinajstić information content (AvgIpc) is 3.90. The minimum absolute atomic E-state index is 0.00556. The summed E-state index contributed by atoms with van der Waals surface area (Å²) in [5.74, 6) is -0.886. The second-order valence-electron chi connectivity index (χ2n) is 22.0. The molecule has 20 heteroatoms. The van der Waals surface area contributed by atoms with Crippen molar-refractivity contribution in [2.24, 2.45) is 16.7 Å². The summed E-state index contributed by atoms with van der Waals surface area (Å²) in [7, 11) is 0. The topological polar surface area (TPSA) is 178 Å². The number of carbonyl (C=O) groups is 3. The predicted molar refractivity (Wildman–Crippen MR) is 256 cm³/mol. The molecule has 2 saturated carbocycles. The summed E-state index contributed by atoms with van der Waals surface area (Å²) in [5.41, 5.74) is 6.19. The Bertz CT molecular complexity index is 2790. The number of likely N-dealkylation sites (tertiary alicyclic amines) is 1. The van der Waals surface area contributed by atoms with Crippen LogP contribution in [0.3, 0.4) is 0 Å². The molecule has 9 heterocycles. The fourth-order valence-electron chi connectivity index (χ4n) is 13.1. The number of anilines is 3. The van der Waals surface area contributed by atoms with Crippen LogP contribution in [0.2, 0.25) is 0 Å². The molecule has 1 aromatic carbocycles. The van der Waals surface area contributed by atoms with Crippen LogP contribution < -0.4 is 30.9 Å². The van der Waals surface area contributed by atoms with Gasteiger partial charge in [-0.25, -0.2) is 9.37 Å². The Labute approximate surface area is 409 Å². The lowest BCUT2D eigenvalue weighted by Crippen LogP contribution is -2.53. The van der Waals surface area contributed by atoms with Gasteiger partial charge in [0.25, 0.3) is 5.91 Å². The zero-order valence-corrected chi connectivity index (χ0v) is 40.0. The number of fused-ring (bicyclic) bond motifs is 4. The summed E-state index contributed by atoms with van der Waals surface area (Å²) in [6, 6.07) is 6.99. The van der Waals surface area contributed by atoms with Crippen molar-refractivity contribution in [2.45, 2.75) is 102 Å². The summed E-state index contributed by atoms with van der Waals surface area (Å²) in [4.78, 5) is 66.2. The number of alkyl halides is 3. The van der Waals surface area contributed by atoms with Crippen molar-refractivity contribution in [3.8, 4) is 17.4 Å². The minimum Gasteiger partial charge on any atom is -0.463 e. The molecule has 3 atom stereocenters. The van der Waals surface area contributed by atoms with Crippen molar-refractivity contribution in [3.05, 3.63) is 58.5 Å². The number of rotatable bonds is 11. The molecule has 4 aromatic rings. The Hall–Kier alpha value is -5.73. The van der Waals surface area contributed by atoms with E-state index in [2.05, 4.69) is 51.3 Å². The minimum atomic E-state index is -4.83. The van der Waals surface area contributed by atoms with Crippen LogP contribution in [0.4, 0.5) is 34.9 Å². The van der Waals surface area contributed by atoms with E-state index in [1.54, 1.807) is 4.90 Å². The lowest BCUT2D eigenvalue weighted by Gasteiger charge is -2.54. The third-order valence-corrected chi connectivity index (χ3v) is 17.0. The number of amides is 3. The van der Waals surface area contributed by atoms with Crippen LogP contribution >= 0.6 is 0 Å². The molecule has 16 nitrogen and oxygen atoms in total. The third kappa shape index (κ3) is 8.80. The molecule has 12 rings (SSSR count). The number of piperazine rings is 2. The molecule has 2 unspecified atom stereocenters. The number of benzene rings is 1. The van der Waals surface area contributed by atoms with Gasteiger partial charge in [-0.3, -0.25) is 29.6 Å². The highest BCUT2D eigenvalue weighted by Gasteiger charge is 2.50. The lowest BCUT2D eigenvalue weighted by atomic mass is 9.57. The van der Waals surface area contributed by atoms with Crippen molar-refractivity contribution in [1.29, 1.82) is 0 Å². The van der Waals surface area contributed by atoms with Crippen LogP contribution in [0.15, 0.2) is 30.5 Å². The summed E-state index contributed by atoms with van der Waals surface area (Å²) in [6.45, 7) is 11.1. The highest BCUT2D eigenvalue weighted by Crippen LogP contribution is 2.54. The number of halogens is 4. The van der Waals surface area contributed by atoms with Crippen LogP contribution in [0, 0.1) is 29.5 Å². The standard InChI is InChI=1S/C51H60F4N12O4/c1-29-18-38(56)59-43(40(29)51(53,54)55)44-41(52)42-36(22-57-44)45(66-25-32-2-3-33(26-66)58-32)62-48(61-42)71-28-50(8-9-50)27-64-12-10-49(11-13-64)20-30(21-49)23-63-14-16-65(17-15-63)34-4-5-35-31(19-34)24-67(47(35)70)37-6-7-39(68)60-46(37)69/h4-5,18-19,22,30,32-33,37,58H,2-3,6-17,20-21,23-28H2,1H3,(H2,56,59)(H,60,68,69)/t32?,33?,37-/m0/s1. The summed E-state index contributed by atoms with van der Waals surface area (Å²) < 4.78 is 66.3. The average molecular weight is 981 g/mol. The Morgan fingerprint density at radius 2 is 1.62 bits per heavy atom. The number of carbonyl (C=O) groups excluding carboxylic acids is 3. The Kier molecular flexibility index (Phi) is 11.4. The van der Waals surface area contributed by atoms with Gasteiger partial charge >= 0.3 is 12.2 Å². The number of imide groups is 1. The summed E-state index contributed by atoms with van der Waals surface area (Å²) in [6.07, 6.45) is 5.97. The highest BCUT2D eigenvalue weighted by atomic mass is 19.4. The fourth-order valence-corrected chi connectivity index (χ4v) is 13.1. The number of aryl methyl sites for hydroxylation is 1. The first kappa shape index (κ1) is 46.3. The summed E-state index contributed by atoms with van der Waals surface area (Å²) >= 11 is 0. The molecule has 0 radical (unpaired) electrons. The van der Waals surface area contributed by atoms with Crippen molar-refractivity contribution in [1.82, 2.24) is 45.3 Å². The number of pyridine rings is 2. The van der Waals surface area contributed by atoms with E-state index < -0.39 is 40.9 Å². The van der Waals surface area contributed by atoms with E-state index in [4.69, 9.17) is 15.5 Å². The largest absolute Gasteiger partial charge is 0.463 e.